The summed E-state index contributed by atoms with van der Waals surface area (Å²) >= 11 is 12.0. The van der Waals surface area contributed by atoms with Gasteiger partial charge in [-0.3, -0.25) is 4.79 Å². The average Bonchev–Trinajstić information content (AvgIpc) is 2.65. The van der Waals surface area contributed by atoms with Crippen LogP contribution in [-0.2, 0) is 10.0 Å². The summed E-state index contributed by atoms with van der Waals surface area (Å²) in [4.78, 5) is 12.5. The number of nitrogens with zero attached hydrogens (tertiary/aromatic N) is 1. The molecule has 0 unspecified atom stereocenters. The number of hydrogen-bond acceptors (Lipinski definition) is 3. The second-order valence-electron chi connectivity index (χ2n) is 5.48. The molecule has 0 fully saturated rings. The van der Waals surface area contributed by atoms with Gasteiger partial charge in [-0.1, -0.05) is 41.4 Å². The zero-order valence-electron chi connectivity index (χ0n) is 14.4. The van der Waals surface area contributed by atoms with E-state index in [0.29, 0.717) is 10.7 Å². The van der Waals surface area contributed by atoms with Crippen LogP contribution in [0.1, 0.15) is 10.4 Å². The van der Waals surface area contributed by atoms with Crippen LogP contribution in [0.15, 0.2) is 72.7 Å². The number of nitrogens with one attached hydrogen (secondary N) is 1. The maximum atomic E-state index is 12.7. The Labute approximate surface area is 169 Å². The summed E-state index contributed by atoms with van der Waals surface area (Å²) in [7, 11) is -3.72. The first-order valence-electron chi connectivity index (χ1n) is 7.88. The number of carbonyl (C=O) groups excluding carboxylic acids is 1. The quantitative estimate of drug-likeness (QED) is 0.629. The second-order valence-corrected chi connectivity index (χ2v) is 8.20. The molecule has 0 atom stereocenters. The Kier molecular flexibility index (Phi) is 7.21. The Morgan fingerprint density at radius 3 is 2.19 bits per heavy atom. The maximum absolute atomic E-state index is 12.7. The maximum Gasteiger partial charge on any atom is 0.255 e. The van der Waals surface area contributed by atoms with E-state index in [0.717, 1.165) is 0 Å². The van der Waals surface area contributed by atoms with Crippen molar-refractivity contribution < 1.29 is 13.2 Å². The predicted octanol–water partition coefficient (Wildman–Crippen LogP) is 4.61. The molecular formula is C19H18Cl2N2O3S. The van der Waals surface area contributed by atoms with Crippen LogP contribution in [-0.4, -0.2) is 31.7 Å². The molecule has 2 aromatic rings. The molecule has 8 heteroatoms. The van der Waals surface area contributed by atoms with Crippen LogP contribution in [0.25, 0.3) is 0 Å². The summed E-state index contributed by atoms with van der Waals surface area (Å²) in [6, 6.07) is 10.5. The van der Waals surface area contributed by atoms with Crippen LogP contribution in [0, 0.1) is 0 Å². The number of halogens is 2. The molecule has 0 radical (unpaired) electrons. The monoisotopic (exact) mass is 424 g/mol. The number of benzene rings is 2. The number of amides is 1. The Balaban J connectivity index is 2.23. The van der Waals surface area contributed by atoms with Gasteiger partial charge in [-0.2, -0.15) is 4.31 Å². The molecule has 0 aromatic heterocycles. The third-order valence-corrected chi connectivity index (χ3v) is 6.28. The lowest BCUT2D eigenvalue weighted by molar-refractivity contribution is 0.102. The van der Waals surface area contributed by atoms with Gasteiger partial charge in [0.2, 0.25) is 10.0 Å². The van der Waals surface area contributed by atoms with Crippen LogP contribution in [0.4, 0.5) is 5.69 Å². The van der Waals surface area contributed by atoms with Crippen molar-refractivity contribution in [3.8, 4) is 0 Å². The highest BCUT2D eigenvalue weighted by molar-refractivity contribution is 7.89. The van der Waals surface area contributed by atoms with Gasteiger partial charge in [-0.15, -0.1) is 13.2 Å². The molecule has 1 amide bonds. The number of sulfonamides is 1. The van der Waals surface area contributed by atoms with Gasteiger partial charge >= 0.3 is 0 Å². The van der Waals surface area contributed by atoms with Crippen LogP contribution >= 0.6 is 23.2 Å². The SMILES string of the molecule is C=CCN(CC=C)S(=O)(=O)c1ccc(C(=O)Nc2cccc(Cl)c2Cl)cc1. The minimum atomic E-state index is -3.72. The van der Waals surface area contributed by atoms with Crippen molar-refractivity contribution in [2.24, 2.45) is 0 Å². The smallest absolute Gasteiger partial charge is 0.255 e. The van der Waals surface area contributed by atoms with Crippen molar-refractivity contribution in [3.63, 3.8) is 0 Å². The summed E-state index contributed by atoms with van der Waals surface area (Å²) in [6.45, 7) is 7.45. The van der Waals surface area contributed by atoms with Gasteiger partial charge in [0.15, 0.2) is 0 Å². The molecule has 2 aromatic carbocycles. The fraction of sp³-hybridized carbons (Fsp3) is 0.105. The average molecular weight is 425 g/mol. The number of hydrogen-bond donors (Lipinski definition) is 1. The Morgan fingerprint density at radius 2 is 1.63 bits per heavy atom. The molecule has 0 heterocycles. The topological polar surface area (TPSA) is 66.5 Å². The molecule has 1 N–H and O–H groups in total. The first kappa shape index (κ1) is 21.2. The minimum Gasteiger partial charge on any atom is -0.321 e. The van der Waals surface area contributed by atoms with Gasteiger partial charge in [-0.05, 0) is 36.4 Å². The first-order chi connectivity index (χ1) is 12.8. The van der Waals surface area contributed by atoms with Crippen LogP contribution in [0.3, 0.4) is 0 Å². The molecule has 0 aliphatic heterocycles. The van der Waals surface area contributed by atoms with Crippen molar-refractivity contribution in [3.05, 3.63) is 83.4 Å². The lowest BCUT2D eigenvalue weighted by Gasteiger charge is -2.19. The third-order valence-electron chi connectivity index (χ3n) is 3.62. The van der Waals surface area contributed by atoms with Gasteiger partial charge < -0.3 is 5.32 Å². The zero-order valence-corrected chi connectivity index (χ0v) is 16.7. The summed E-state index contributed by atoms with van der Waals surface area (Å²) in [5.74, 6) is -0.433. The van der Waals surface area contributed by atoms with E-state index in [1.165, 1.54) is 40.7 Å². The van der Waals surface area contributed by atoms with Crippen molar-refractivity contribution in [1.82, 2.24) is 4.31 Å². The lowest BCUT2D eigenvalue weighted by Crippen LogP contribution is -2.31. The molecule has 0 saturated carbocycles. The Morgan fingerprint density at radius 1 is 1.04 bits per heavy atom. The Hall–Kier alpha value is -2.12. The van der Waals surface area contributed by atoms with Gasteiger partial charge in [0.05, 0.1) is 20.6 Å². The van der Waals surface area contributed by atoms with Gasteiger partial charge in [0.25, 0.3) is 5.91 Å². The van der Waals surface area contributed by atoms with E-state index < -0.39 is 15.9 Å². The predicted molar refractivity (Wildman–Crippen MR) is 110 cm³/mol. The zero-order chi connectivity index (χ0) is 20.0. The molecule has 2 rings (SSSR count). The third kappa shape index (κ3) is 4.99. The van der Waals surface area contributed by atoms with Gasteiger partial charge in [0.1, 0.15) is 0 Å². The van der Waals surface area contributed by atoms with Crippen molar-refractivity contribution in [2.45, 2.75) is 4.90 Å². The second kappa shape index (κ2) is 9.19. The van der Waals surface area contributed by atoms with E-state index in [9.17, 15) is 13.2 Å². The van der Waals surface area contributed by atoms with E-state index in [1.54, 1.807) is 18.2 Å². The van der Waals surface area contributed by atoms with E-state index in [-0.39, 0.29) is 28.6 Å². The molecule has 0 saturated heterocycles. The first-order valence-corrected chi connectivity index (χ1v) is 10.1. The van der Waals surface area contributed by atoms with Crippen molar-refractivity contribution >= 4 is 44.8 Å². The standard InChI is InChI=1S/C19H18Cl2N2O3S/c1-3-12-23(13-4-2)27(25,26)15-10-8-14(9-11-15)19(24)22-17-7-5-6-16(20)18(17)21/h3-11H,1-2,12-13H2,(H,22,24). The van der Waals surface area contributed by atoms with Crippen LogP contribution in [0.5, 0.6) is 0 Å². The number of anilines is 1. The van der Waals surface area contributed by atoms with Crippen molar-refractivity contribution in [2.75, 3.05) is 18.4 Å². The summed E-state index contributed by atoms with van der Waals surface area (Å²) in [6.07, 6.45) is 3.00. The largest absolute Gasteiger partial charge is 0.321 e. The highest BCUT2D eigenvalue weighted by Gasteiger charge is 2.22. The molecule has 0 aliphatic carbocycles. The highest BCUT2D eigenvalue weighted by atomic mass is 35.5. The number of rotatable bonds is 8. The lowest BCUT2D eigenvalue weighted by atomic mass is 10.2. The molecule has 27 heavy (non-hydrogen) atoms. The van der Waals surface area contributed by atoms with Crippen LogP contribution < -0.4 is 5.32 Å². The summed E-state index contributed by atoms with van der Waals surface area (Å²) < 4.78 is 26.6. The molecular weight excluding hydrogens is 407 g/mol. The van der Waals surface area contributed by atoms with Gasteiger partial charge in [0, 0.05) is 18.7 Å². The van der Waals surface area contributed by atoms with E-state index in [4.69, 9.17) is 23.2 Å². The molecule has 0 spiro atoms. The molecule has 0 bridgehead atoms. The van der Waals surface area contributed by atoms with E-state index in [1.807, 2.05) is 0 Å². The highest BCUT2D eigenvalue weighted by Crippen LogP contribution is 2.30. The van der Waals surface area contributed by atoms with E-state index >= 15 is 0 Å². The Bertz CT molecular complexity index is 947. The van der Waals surface area contributed by atoms with Crippen LogP contribution in [0.2, 0.25) is 10.0 Å². The van der Waals surface area contributed by atoms with Crippen molar-refractivity contribution in [1.29, 1.82) is 0 Å². The normalized spacial score (nSPS) is 11.2. The summed E-state index contributed by atoms with van der Waals surface area (Å²) in [5.41, 5.74) is 0.651. The molecule has 5 nitrogen and oxygen atoms in total. The molecule has 0 aliphatic rings. The fourth-order valence-corrected chi connectivity index (χ4v) is 4.01. The van der Waals surface area contributed by atoms with E-state index in [2.05, 4.69) is 18.5 Å². The fourth-order valence-electron chi connectivity index (χ4n) is 2.28. The number of carbonyl (C=O) groups is 1. The molecule has 142 valence electrons. The minimum absolute atomic E-state index is 0.0727. The summed E-state index contributed by atoms with van der Waals surface area (Å²) in [5, 5.41) is 3.20. The van der Waals surface area contributed by atoms with Gasteiger partial charge in [-0.25, -0.2) is 8.42 Å².